The van der Waals surface area contributed by atoms with Crippen LogP contribution in [0.25, 0.3) is 11.2 Å². The number of primary sulfonamides is 1. The number of imidazole rings is 1. The van der Waals surface area contributed by atoms with Gasteiger partial charge in [0.05, 0.1) is 16.9 Å². The lowest BCUT2D eigenvalue weighted by Gasteiger charge is -2.22. The van der Waals surface area contributed by atoms with E-state index in [1.54, 1.807) is 16.7 Å². The lowest BCUT2D eigenvalue weighted by Crippen LogP contribution is -2.40. The maximum Gasteiger partial charge on any atom is 0.319 e. The second-order valence-corrected chi connectivity index (χ2v) is 15.6. The van der Waals surface area contributed by atoms with E-state index in [2.05, 4.69) is 50.4 Å². The number of carbonyl (C=O) groups excluding carboxylic acids is 1. The first-order valence-electron chi connectivity index (χ1n) is 18.6. The third-order valence-corrected chi connectivity index (χ3v) is 11.2. The molecular weight excluding hydrogens is 753 g/mol. The number of ether oxygens (including phenoxy) is 1. The molecule has 5 atom stereocenters. The van der Waals surface area contributed by atoms with Crippen LogP contribution in [0.15, 0.2) is 107 Å². The number of sulfonamides is 1. The average molecular weight is 795 g/mol. The number of rotatable bonds is 12. The molecule has 5 heterocycles. The van der Waals surface area contributed by atoms with E-state index in [9.17, 15) is 23.4 Å². The Morgan fingerprint density at radius 2 is 1.72 bits per heavy atom. The number of amides is 2. The first-order valence-corrected chi connectivity index (χ1v) is 20.1. The number of benzene rings is 3. The minimum Gasteiger partial charge on any atom is -0.387 e. The van der Waals surface area contributed by atoms with Crippen LogP contribution in [0.3, 0.4) is 0 Å². The summed E-state index contributed by atoms with van der Waals surface area (Å²) in [4.78, 5) is 29.4. The van der Waals surface area contributed by atoms with Crippen molar-refractivity contribution in [2.24, 2.45) is 5.14 Å². The summed E-state index contributed by atoms with van der Waals surface area (Å²) in [6, 6.07) is 26.9. The maximum absolute atomic E-state index is 13.0. The van der Waals surface area contributed by atoms with Crippen LogP contribution in [0, 0.1) is 0 Å². The molecule has 2 aliphatic heterocycles. The molecule has 17 nitrogen and oxygen atoms in total. The molecule has 8 rings (SSSR count). The predicted molar refractivity (Wildman–Crippen MR) is 210 cm³/mol. The number of carbonyl (C=O) groups is 1. The number of hydrogen-bond acceptors (Lipinski definition) is 13. The van der Waals surface area contributed by atoms with Crippen LogP contribution in [-0.4, -0.2) is 87.2 Å². The number of fused-ring (bicyclic) bond motifs is 1. The molecule has 0 spiro atoms. The number of anilines is 3. The molecule has 57 heavy (non-hydrogen) atoms. The standard InChI is InChI=1S/C39H42N10O7S/c1-2-25-19-30(56-47-25)34-32(50)33(51)37(55-34)49-22-42-31-35(41-20-29(23-10-5-3-6-11-23)24-12-7-4-8-13-24)45-38(46-36(31)49)48-17-16-27(21-48)44-39(52)43-26-14-9-15-28(18-26)57(40,53)54/h3-15,18-19,22,27,29,32-34,37,50-51H,2,16-17,20-21H2,1H3,(H2,40,53,54)(H,41,45,46)(H2,43,44,52)/t27-,32+,33-,34-,37-/m1/s1. The molecule has 2 aliphatic rings. The van der Waals surface area contributed by atoms with Crippen molar-refractivity contribution in [2.75, 3.05) is 35.2 Å². The topological polar surface area (TPSA) is 236 Å². The molecule has 2 amide bonds. The number of nitrogens with zero attached hydrogens (tertiary/aromatic N) is 6. The number of aromatic nitrogens is 5. The molecule has 296 valence electrons. The normalized spacial score (nSPS) is 21.0. The second-order valence-electron chi connectivity index (χ2n) is 14.1. The Bertz CT molecular complexity index is 2430. The Labute approximate surface area is 327 Å². The van der Waals surface area contributed by atoms with Crippen molar-refractivity contribution >= 4 is 44.7 Å². The van der Waals surface area contributed by atoms with Crippen molar-refractivity contribution in [2.45, 2.75) is 61.2 Å². The highest BCUT2D eigenvalue weighted by molar-refractivity contribution is 7.89. The summed E-state index contributed by atoms with van der Waals surface area (Å²) in [5, 5.41) is 40.8. The SMILES string of the molecule is CCc1cc([C@H]2O[C@@H](n3cnc4c(NCC(c5ccccc5)c5ccccc5)nc(N5CC[C@@H](NC(=O)Nc6cccc(S(N)(=O)=O)c6)C5)nc43)[C@H](O)[C@@H]2O)on1. The van der Waals surface area contributed by atoms with Gasteiger partial charge < -0.3 is 40.3 Å². The van der Waals surface area contributed by atoms with Gasteiger partial charge in [0, 0.05) is 43.3 Å². The molecule has 0 aliphatic carbocycles. The number of hydrogen-bond donors (Lipinski definition) is 6. The largest absolute Gasteiger partial charge is 0.387 e. The van der Waals surface area contributed by atoms with Crippen LogP contribution < -0.4 is 26.0 Å². The van der Waals surface area contributed by atoms with Crippen LogP contribution in [0.5, 0.6) is 0 Å². The van der Waals surface area contributed by atoms with Gasteiger partial charge >= 0.3 is 6.03 Å². The van der Waals surface area contributed by atoms with Gasteiger partial charge in [0.15, 0.2) is 29.0 Å². The number of aryl methyl sites for hydroxylation is 1. The lowest BCUT2D eigenvalue weighted by molar-refractivity contribution is -0.0434. The summed E-state index contributed by atoms with van der Waals surface area (Å²) in [7, 11) is -3.95. The van der Waals surface area contributed by atoms with Crippen LogP contribution in [-0.2, 0) is 21.2 Å². The van der Waals surface area contributed by atoms with Crippen molar-refractivity contribution in [1.29, 1.82) is 0 Å². The number of urea groups is 1. The molecule has 2 fully saturated rings. The molecule has 3 aromatic carbocycles. The molecule has 7 N–H and O–H groups in total. The zero-order valence-electron chi connectivity index (χ0n) is 30.8. The summed E-state index contributed by atoms with van der Waals surface area (Å²) >= 11 is 0. The van der Waals surface area contributed by atoms with Gasteiger partial charge in [0.2, 0.25) is 16.0 Å². The Morgan fingerprint density at radius 3 is 2.40 bits per heavy atom. The fourth-order valence-electron chi connectivity index (χ4n) is 7.27. The Hall–Kier alpha value is -5.92. The summed E-state index contributed by atoms with van der Waals surface area (Å²) in [6.07, 6.45) is -2.04. The van der Waals surface area contributed by atoms with Gasteiger partial charge in [-0.3, -0.25) is 4.57 Å². The summed E-state index contributed by atoms with van der Waals surface area (Å²) < 4.78 is 36.9. The van der Waals surface area contributed by atoms with Gasteiger partial charge in [-0.1, -0.05) is 78.8 Å². The smallest absolute Gasteiger partial charge is 0.319 e. The van der Waals surface area contributed by atoms with E-state index in [1.807, 2.05) is 48.2 Å². The highest BCUT2D eigenvalue weighted by Crippen LogP contribution is 2.41. The van der Waals surface area contributed by atoms with Gasteiger partial charge in [-0.2, -0.15) is 9.97 Å². The number of aliphatic hydroxyl groups is 2. The summed E-state index contributed by atoms with van der Waals surface area (Å²) in [5.74, 6) is 1.05. The van der Waals surface area contributed by atoms with Gasteiger partial charge in [0.25, 0.3) is 0 Å². The zero-order chi connectivity index (χ0) is 39.7. The zero-order valence-corrected chi connectivity index (χ0v) is 31.7. The van der Waals surface area contributed by atoms with Gasteiger partial charge in [-0.05, 0) is 42.2 Å². The molecule has 6 aromatic rings. The first-order chi connectivity index (χ1) is 27.6. The molecule has 18 heteroatoms. The van der Waals surface area contributed by atoms with Gasteiger partial charge in [0.1, 0.15) is 18.3 Å². The Kier molecular flexibility index (Phi) is 10.6. The Balaban J connectivity index is 1.08. The summed E-state index contributed by atoms with van der Waals surface area (Å²) in [6.45, 7) is 3.24. The third-order valence-electron chi connectivity index (χ3n) is 10.2. The van der Waals surface area contributed by atoms with E-state index in [1.165, 1.54) is 24.5 Å². The fraction of sp³-hybridized carbons (Fsp3) is 0.308. The fourth-order valence-corrected chi connectivity index (χ4v) is 7.83. The molecule has 3 aromatic heterocycles. The van der Waals surface area contributed by atoms with Crippen molar-refractivity contribution in [1.82, 2.24) is 30.0 Å². The van der Waals surface area contributed by atoms with Crippen LogP contribution in [0.2, 0.25) is 0 Å². The highest BCUT2D eigenvalue weighted by Gasteiger charge is 2.47. The second kappa shape index (κ2) is 15.9. The van der Waals surface area contributed by atoms with Crippen LogP contribution in [0.1, 0.15) is 54.2 Å². The molecule has 0 bridgehead atoms. The van der Waals surface area contributed by atoms with Crippen molar-refractivity contribution in [3.05, 3.63) is 120 Å². The van der Waals surface area contributed by atoms with Crippen LogP contribution in [0.4, 0.5) is 22.2 Å². The molecular formula is C39H42N10O7S. The van der Waals surface area contributed by atoms with Crippen LogP contribution >= 0.6 is 0 Å². The van der Waals surface area contributed by atoms with Crippen molar-refractivity contribution in [3.8, 4) is 0 Å². The van der Waals surface area contributed by atoms with Gasteiger partial charge in [-0.25, -0.2) is 23.3 Å². The van der Waals surface area contributed by atoms with Crippen molar-refractivity contribution < 1.29 is 32.7 Å². The van der Waals surface area contributed by atoms with E-state index in [0.717, 1.165) is 11.1 Å². The molecule has 0 radical (unpaired) electrons. The number of nitrogens with one attached hydrogen (secondary N) is 3. The monoisotopic (exact) mass is 794 g/mol. The van der Waals surface area contributed by atoms with E-state index in [4.69, 9.17) is 24.4 Å². The number of aliphatic hydroxyl groups excluding tert-OH is 2. The number of nitrogens with two attached hydrogens (primary N) is 1. The van der Waals surface area contributed by atoms with E-state index in [0.29, 0.717) is 66.9 Å². The van der Waals surface area contributed by atoms with E-state index < -0.39 is 40.6 Å². The minimum absolute atomic E-state index is 0.0432. The third kappa shape index (κ3) is 8.03. The van der Waals surface area contributed by atoms with E-state index >= 15 is 0 Å². The minimum atomic E-state index is -3.95. The molecule has 0 saturated carbocycles. The highest BCUT2D eigenvalue weighted by atomic mass is 32.2. The average Bonchev–Trinajstić information content (AvgIpc) is 4.03. The predicted octanol–water partition coefficient (Wildman–Crippen LogP) is 3.66. The quantitative estimate of drug-likeness (QED) is 0.104. The molecule has 0 unspecified atom stereocenters. The van der Waals surface area contributed by atoms with Gasteiger partial charge in [-0.15, -0.1) is 0 Å². The van der Waals surface area contributed by atoms with Crippen molar-refractivity contribution in [3.63, 3.8) is 0 Å². The maximum atomic E-state index is 13.0. The first kappa shape index (κ1) is 38.0. The summed E-state index contributed by atoms with van der Waals surface area (Å²) in [5.41, 5.74) is 3.96. The molecule has 2 saturated heterocycles. The Morgan fingerprint density at radius 1 is 0.982 bits per heavy atom. The van der Waals surface area contributed by atoms with E-state index in [-0.39, 0.29) is 22.5 Å². The lowest BCUT2D eigenvalue weighted by atomic mass is 9.91.